The second-order valence-corrected chi connectivity index (χ2v) is 5.80. The molecular weight excluding hydrogens is 363 g/mol. The number of carbonyl (C=O) groups is 2. The van der Waals surface area contributed by atoms with Gasteiger partial charge < -0.3 is 15.4 Å². The number of hydrogen-bond donors (Lipinski definition) is 2. The fraction of sp³-hybridized carbons (Fsp3) is 0.278. The number of halogens is 3. The molecule has 0 saturated heterocycles. The van der Waals surface area contributed by atoms with Gasteiger partial charge in [0.15, 0.2) is 6.61 Å². The van der Waals surface area contributed by atoms with Gasteiger partial charge in [-0.1, -0.05) is 12.1 Å². The molecule has 0 saturated carbocycles. The molecule has 0 spiro atoms. The highest BCUT2D eigenvalue weighted by Crippen LogP contribution is 2.22. The molecule has 1 aromatic heterocycles. The Morgan fingerprint density at radius 2 is 1.93 bits per heavy atom. The van der Waals surface area contributed by atoms with Crippen LogP contribution in [-0.4, -0.2) is 29.6 Å². The summed E-state index contributed by atoms with van der Waals surface area (Å²) in [5, 5.41) is 5.18. The van der Waals surface area contributed by atoms with Crippen LogP contribution in [0, 0.1) is 6.92 Å². The molecule has 27 heavy (non-hydrogen) atoms. The molecule has 0 aliphatic heterocycles. The monoisotopic (exact) mass is 381 g/mol. The maximum absolute atomic E-state index is 12.2. The number of aromatic nitrogens is 1. The summed E-state index contributed by atoms with van der Waals surface area (Å²) in [7, 11) is 0. The van der Waals surface area contributed by atoms with Crippen LogP contribution in [0.15, 0.2) is 36.5 Å². The summed E-state index contributed by atoms with van der Waals surface area (Å²) in [5.41, 5.74) is 1.55. The van der Waals surface area contributed by atoms with E-state index in [0.29, 0.717) is 16.7 Å². The largest absolute Gasteiger partial charge is 0.484 e. The van der Waals surface area contributed by atoms with Gasteiger partial charge in [-0.05, 0) is 36.2 Å². The maximum Gasteiger partial charge on any atom is 0.422 e. The Kier molecular flexibility index (Phi) is 6.38. The predicted molar refractivity (Wildman–Crippen MR) is 92.4 cm³/mol. The van der Waals surface area contributed by atoms with Gasteiger partial charge in [0.25, 0.3) is 5.91 Å². The van der Waals surface area contributed by atoms with E-state index < -0.39 is 12.8 Å². The molecule has 6 nitrogen and oxygen atoms in total. The first-order valence-corrected chi connectivity index (χ1v) is 7.95. The Balaban J connectivity index is 1.97. The average Bonchev–Trinajstić information content (AvgIpc) is 2.57. The summed E-state index contributed by atoms with van der Waals surface area (Å²) in [6.07, 6.45) is -3.00. The number of aryl methyl sites for hydroxylation is 1. The van der Waals surface area contributed by atoms with Crippen molar-refractivity contribution < 1.29 is 27.5 Å². The number of carbonyl (C=O) groups excluding carboxylic acids is 2. The molecule has 2 aromatic rings. The van der Waals surface area contributed by atoms with Crippen LogP contribution in [0.4, 0.5) is 19.0 Å². The SMILES string of the molecule is CC(=O)Nc1cc(C(=O)NCc2ccc(OCC(F)(F)F)c(C)c2)ccn1. The van der Waals surface area contributed by atoms with Crippen LogP contribution in [0.5, 0.6) is 5.75 Å². The van der Waals surface area contributed by atoms with Gasteiger partial charge >= 0.3 is 6.18 Å². The van der Waals surface area contributed by atoms with E-state index in [1.54, 1.807) is 19.1 Å². The van der Waals surface area contributed by atoms with E-state index in [0.717, 1.165) is 0 Å². The van der Waals surface area contributed by atoms with Crippen LogP contribution in [-0.2, 0) is 11.3 Å². The minimum atomic E-state index is -4.40. The molecule has 0 unspecified atom stereocenters. The molecular formula is C18H18F3N3O3. The Morgan fingerprint density at radius 3 is 2.56 bits per heavy atom. The van der Waals surface area contributed by atoms with E-state index >= 15 is 0 Å². The second-order valence-electron chi connectivity index (χ2n) is 5.80. The van der Waals surface area contributed by atoms with E-state index in [9.17, 15) is 22.8 Å². The average molecular weight is 381 g/mol. The Bertz CT molecular complexity index is 838. The maximum atomic E-state index is 12.2. The molecule has 9 heteroatoms. The molecule has 0 aliphatic carbocycles. The first-order valence-electron chi connectivity index (χ1n) is 7.95. The lowest BCUT2D eigenvalue weighted by molar-refractivity contribution is -0.153. The third kappa shape index (κ3) is 6.61. The molecule has 2 rings (SSSR count). The topological polar surface area (TPSA) is 80.3 Å². The van der Waals surface area contributed by atoms with Gasteiger partial charge in [0.05, 0.1) is 0 Å². The molecule has 0 fully saturated rings. The van der Waals surface area contributed by atoms with Gasteiger partial charge in [-0.3, -0.25) is 9.59 Å². The van der Waals surface area contributed by atoms with Gasteiger partial charge in [-0.25, -0.2) is 4.98 Å². The number of ether oxygens (including phenoxy) is 1. The van der Waals surface area contributed by atoms with E-state index in [2.05, 4.69) is 15.6 Å². The quantitative estimate of drug-likeness (QED) is 0.805. The van der Waals surface area contributed by atoms with Crippen molar-refractivity contribution in [1.29, 1.82) is 0 Å². The fourth-order valence-corrected chi connectivity index (χ4v) is 2.25. The van der Waals surface area contributed by atoms with Crippen molar-refractivity contribution in [3.8, 4) is 5.75 Å². The normalized spacial score (nSPS) is 11.0. The first-order chi connectivity index (χ1) is 12.6. The summed E-state index contributed by atoms with van der Waals surface area (Å²) in [6, 6.07) is 7.59. The molecule has 1 aromatic carbocycles. The minimum absolute atomic E-state index is 0.136. The third-order valence-electron chi connectivity index (χ3n) is 3.41. The van der Waals surface area contributed by atoms with Crippen LogP contribution >= 0.6 is 0 Å². The van der Waals surface area contributed by atoms with E-state index in [1.807, 2.05) is 0 Å². The van der Waals surface area contributed by atoms with Crippen LogP contribution in [0.3, 0.4) is 0 Å². The van der Waals surface area contributed by atoms with Crippen molar-refractivity contribution >= 4 is 17.6 Å². The summed E-state index contributed by atoms with van der Waals surface area (Å²) >= 11 is 0. The second kappa shape index (κ2) is 8.52. The van der Waals surface area contributed by atoms with Crippen LogP contribution in [0.1, 0.15) is 28.4 Å². The first kappa shape index (κ1) is 20.2. The number of pyridine rings is 1. The summed E-state index contributed by atoms with van der Waals surface area (Å²) in [4.78, 5) is 27.2. The van der Waals surface area contributed by atoms with Gasteiger partial charge in [-0.15, -0.1) is 0 Å². The van der Waals surface area contributed by atoms with Crippen molar-refractivity contribution in [2.75, 3.05) is 11.9 Å². The predicted octanol–water partition coefficient (Wildman–Crippen LogP) is 3.22. The Morgan fingerprint density at radius 1 is 1.19 bits per heavy atom. The molecule has 0 atom stereocenters. The molecule has 2 amide bonds. The number of hydrogen-bond acceptors (Lipinski definition) is 4. The van der Waals surface area contributed by atoms with Gasteiger partial charge in [0.2, 0.25) is 5.91 Å². The molecule has 1 heterocycles. The smallest absolute Gasteiger partial charge is 0.422 e. The standard InChI is InChI=1S/C18H18F3N3O3/c1-11-7-13(3-4-15(11)27-10-18(19,20)21)9-23-17(26)14-5-6-22-16(8-14)24-12(2)25/h3-8H,9-10H2,1-2H3,(H,23,26)(H,22,24,25). The van der Waals surface area contributed by atoms with E-state index in [-0.39, 0.29) is 29.9 Å². The molecule has 2 N–H and O–H groups in total. The van der Waals surface area contributed by atoms with Crippen molar-refractivity contribution in [3.63, 3.8) is 0 Å². The van der Waals surface area contributed by atoms with Crippen molar-refractivity contribution in [3.05, 3.63) is 53.2 Å². The summed E-state index contributed by atoms with van der Waals surface area (Å²) in [5.74, 6) is -0.281. The number of alkyl halides is 3. The van der Waals surface area contributed by atoms with Crippen molar-refractivity contribution in [2.24, 2.45) is 0 Å². The lowest BCUT2D eigenvalue weighted by atomic mass is 10.1. The summed E-state index contributed by atoms with van der Waals surface area (Å²) < 4.78 is 41.4. The van der Waals surface area contributed by atoms with Crippen LogP contribution in [0.2, 0.25) is 0 Å². The van der Waals surface area contributed by atoms with Crippen molar-refractivity contribution in [2.45, 2.75) is 26.6 Å². The lowest BCUT2D eigenvalue weighted by Crippen LogP contribution is -2.23. The number of benzene rings is 1. The molecule has 144 valence electrons. The highest BCUT2D eigenvalue weighted by Gasteiger charge is 2.28. The minimum Gasteiger partial charge on any atom is -0.484 e. The molecule has 0 radical (unpaired) electrons. The number of amides is 2. The zero-order valence-corrected chi connectivity index (χ0v) is 14.7. The highest BCUT2D eigenvalue weighted by atomic mass is 19.4. The van der Waals surface area contributed by atoms with E-state index in [4.69, 9.17) is 4.74 Å². The van der Waals surface area contributed by atoms with Crippen LogP contribution in [0.25, 0.3) is 0 Å². The number of rotatable bonds is 6. The number of nitrogens with zero attached hydrogens (tertiary/aromatic N) is 1. The molecule has 0 aliphatic rings. The molecule has 0 bridgehead atoms. The van der Waals surface area contributed by atoms with E-state index in [1.165, 1.54) is 31.3 Å². The highest BCUT2D eigenvalue weighted by molar-refractivity contribution is 5.96. The Labute approximate surface area is 153 Å². The lowest BCUT2D eigenvalue weighted by Gasteiger charge is -2.13. The zero-order chi connectivity index (χ0) is 20.0. The van der Waals surface area contributed by atoms with Crippen LogP contribution < -0.4 is 15.4 Å². The van der Waals surface area contributed by atoms with Gasteiger partial charge in [0.1, 0.15) is 11.6 Å². The number of nitrogens with one attached hydrogen (secondary N) is 2. The fourth-order valence-electron chi connectivity index (χ4n) is 2.25. The summed E-state index contributed by atoms with van der Waals surface area (Å²) in [6.45, 7) is 1.78. The van der Waals surface area contributed by atoms with Gasteiger partial charge in [-0.2, -0.15) is 13.2 Å². The van der Waals surface area contributed by atoms with Gasteiger partial charge in [0, 0.05) is 25.2 Å². The number of anilines is 1. The zero-order valence-electron chi connectivity index (χ0n) is 14.7. The third-order valence-corrected chi connectivity index (χ3v) is 3.41. The Hall–Kier alpha value is -3.10. The van der Waals surface area contributed by atoms with Crippen molar-refractivity contribution in [1.82, 2.24) is 10.3 Å².